The van der Waals surface area contributed by atoms with Gasteiger partial charge in [-0.25, -0.2) is 17.9 Å². The fourth-order valence-corrected chi connectivity index (χ4v) is 5.24. The van der Waals surface area contributed by atoms with Crippen molar-refractivity contribution in [2.45, 2.75) is 21.4 Å². The highest BCUT2D eigenvalue weighted by atomic mass is 32.3. The SMILES string of the molecule is CCNC1CN(C)Sc2sc(S(N)(=O)=O)cc21. The second-order valence-corrected chi connectivity index (χ2v) is 8.18. The first-order valence-corrected chi connectivity index (χ1v) is 8.34. The monoisotopic (exact) mass is 293 g/mol. The van der Waals surface area contributed by atoms with Crippen LogP contribution < -0.4 is 10.5 Å². The fourth-order valence-electron chi connectivity index (χ4n) is 1.78. The molecule has 2 heterocycles. The smallest absolute Gasteiger partial charge is 0.247 e. The van der Waals surface area contributed by atoms with Gasteiger partial charge in [0.1, 0.15) is 4.21 Å². The van der Waals surface area contributed by atoms with Gasteiger partial charge >= 0.3 is 0 Å². The van der Waals surface area contributed by atoms with Crippen molar-refractivity contribution in [3.63, 3.8) is 0 Å². The molecule has 0 aromatic carbocycles. The Balaban J connectivity index is 2.41. The number of hydrogen-bond donors (Lipinski definition) is 2. The molecule has 0 spiro atoms. The van der Waals surface area contributed by atoms with Crippen molar-refractivity contribution in [2.75, 3.05) is 20.1 Å². The van der Waals surface area contributed by atoms with Crippen molar-refractivity contribution in [1.29, 1.82) is 0 Å². The van der Waals surface area contributed by atoms with Crippen LogP contribution in [0, 0.1) is 0 Å². The van der Waals surface area contributed by atoms with Gasteiger partial charge in [0.15, 0.2) is 0 Å². The molecule has 8 heteroatoms. The average molecular weight is 293 g/mol. The molecule has 0 aliphatic carbocycles. The number of fused-ring (bicyclic) bond motifs is 1. The summed E-state index contributed by atoms with van der Waals surface area (Å²) in [7, 11) is -1.60. The van der Waals surface area contributed by atoms with Crippen LogP contribution in [0.3, 0.4) is 0 Å². The second kappa shape index (κ2) is 4.87. The number of nitrogens with one attached hydrogen (secondary N) is 1. The fraction of sp³-hybridized carbons (Fsp3) is 0.556. The Morgan fingerprint density at radius 1 is 1.65 bits per heavy atom. The number of nitrogens with zero attached hydrogens (tertiary/aromatic N) is 1. The van der Waals surface area contributed by atoms with E-state index < -0.39 is 10.0 Å². The van der Waals surface area contributed by atoms with Gasteiger partial charge < -0.3 is 5.32 Å². The van der Waals surface area contributed by atoms with Crippen molar-refractivity contribution in [3.8, 4) is 0 Å². The summed E-state index contributed by atoms with van der Waals surface area (Å²) in [5, 5.41) is 8.51. The summed E-state index contributed by atoms with van der Waals surface area (Å²) >= 11 is 2.81. The molecule has 1 aromatic heterocycles. The third kappa shape index (κ3) is 2.83. The van der Waals surface area contributed by atoms with Crippen molar-refractivity contribution >= 4 is 33.3 Å². The van der Waals surface area contributed by atoms with Crippen LogP contribution in [0.15, 0.2) is 14.5 Å². The van der Waals surface area contributed by atoms with Gasteiger partial charge in [-0.1, -0.05) is 6.92 Å². The molecule has 0 bridgehead atoms. The van der Waals surface area contributed by atoms with E-state index in [1.165, 1.54) is 11.3 Å². The highest BCUT2D eigenvalue weighted by Crippen LogP contribution is 2.42. The maximum atomic E-state index is 11.3. The molecule has 2 rings (SSSR count). The standard InChI is InChI=1S/C9H15N3O2S3/c1-3-11-7-5-12(2)16-9-6(7)4-8(15-9)17(10,13)14/h4,7,11H,3,5H2,1-2H3,(H2,10,13,14). The van der Waals surface area contributed by atoms with Gasteiger partial charge in [0.2, 0.25) is 10.0 Å². The number of thiophene rings is 1. The molecule has 0 saturated heterocycles. The third-order valence-electron chi connectivity index (χ3n) is 2.49. The normalized spacial score (nSPS) is 21.5. The van der Waals surface area contributed by atoms with E-state index in [1.54, 1.807) is 18.0 Å². The quantitative estimate of drug-likeness (QED) is 0.813. The molecule has 1 aromatic rings. The van der Waals surface area contributed by atoms with Crippen LogP contribution in [0.2, 0.25) is 0 Å². The van der Waals surface area contributed by atoms with E-state index in [2.05, 4.69) is 9.62 Å². The van der Waals surface area contributed by atoms with E-state index in [0.717, 1.165) is 22.9 Å². The molecule has 96 valence electrons. The summed E-state index contributed by atoms with van der Waals surface area (Å²) in [6.07, 6.45) is 0. The summed E-state index contributed by atoms with van der Waals surface area (Å²) < 4.78 is 26.0. The molecular formula is C9H15N3O2S3. The zero-order valence-corrected chi connectivity index (χ0v) is 12.1. The maximum absolute atomic E-state index is 11.3. The van der Waals surface area contributed by atoms with Gasteiger partial charge in [-0.3, -0.25) is 0 Å². The lowest BCUT2D eigenvalue weighted by Gasteiger charge is -2.29. The first-order chi connectivity index (χ1) is 7.91. The highest BCUT2D eigenvalue weighted by molar-refractivity contribution is 7.99. The molecule has 1 unspecified atom stereocenters. The zero-order chi connectivity index (χ0) is 12.6. The highest BCUT2D eigenvalue weighted by Gasteiger charge is 2.28. The van der Waals surface area contributed by atoms with E-state index in [9.17, 15) is 8.42 Å². The maximum Gasteiger partial charge on any atom is 0.247 e. The van der Waals surface area contributed by atoms with Crippen molar-refractivity contribution in [1.82, 2.24) is 9.62 Å². The van der Waals surface area contributed by atoms with Gasteiger partial charge in [0.05, 0.1) is 4.21 Å². The number of likely N-dealkylation sites (N-methyl/N-ethyl adjacent to an activating group) is 2. The van der Waals surface area contributed by atoms with Crippen molar-refractivity contribution < 1.29 is 8.42 Å². The molecule has 3 N–H and O–H groups in total. The number of primary sulfonamides is 1. The predicted octanol–water partition coefficient (Wildman–Crippen LogP) is 0.999. The molecule has 0 saturated carbocycles. The number of sulfonamides is 1. The second-order valence-electron chi connectivity index (χ2n) is 3.87. The molecule has 1 aliphatic rings. The average Bonchev–Trinajstić information content (AvgIpc) is 2.61. The van der Waals surface area contributed by atoms with Gasteiger partial charge in [-0.2, -0.15) is 0 Å². The van der Waals surface area contributed by atoms with Crippen molar-refractivity contribution in [3.05, 3.63) is 11.6 Å². The first-order valence-electron chi connectivity index (χ1n) is 5.21. The summed E-state index contributed by atoms with van der Waals surface area (Å²) in [6, 6.07) is 1.87. The summed E-state index contributed by atoms with van der Waals surface area (Å²) in [4.78, 5) is 0. The Bertz CT molecular complexity index is 512. The van der Waals surface area contributed by atoms with Crippen LogP contribution in [0.5, 0.6) is 0 Å². The summed E-state index contributed by atoms with van der Waals surface area (Å²) in [5.41, 5.74) is 1.05. The van der Waals surface area contributed by atoms with E-state index in [4.69, 9.17) is 5.14 Å². The lowest BCUT2D eigenvalue weighted by atomic mass is 10.1. The molecule has 0 radical (unpaired) electrons. The Hall–Kier alpha value is -0.120. The molecule has 5 nitrogen and oxygen atoms in total. The van der Waals surface area contributed by atoms with Crippen molar-refractivity contribution in [2.24, 2.45) is 5.14 Å². The van der Waals surface area contributed by atoms with E-state index in [1.807, 2.05) is 14.0 Å². The van der Waals surface area contributed by atoms with Gasteiger partial charge in [0, 0.05) is 12.6 Å². The summed E-state index contributed by atoms with van der Waals surface area (Å²) in [5.74, 6) is 0. The van der Waals surface area contributed by atoms with Crippen LogP contribution in [-0.2, 0) is 10.0 Å². The minimum absolute atomic E-state index is 0.174. The predicted molar refractivity (Wildman–Crippen MR) is 70.6 cm³/mol. The molecule has 17 heavy (non-hydrogen) atoms. The molecule has 0 fully saturated rings. The largest absolute Gasteiger partial charge is 0.309 e. The van der Waals surface area contributed by atoms with Crippen LogP contribution in [0.25, 0.3) is 0 Å². The topological polar surface area (TPSA) is 75.4 Å². The molecule has 1 aliphatic heterocycles. The van der Waals surface area contributed by atoms with Gasteiger partial charge in [0.25, 0.3) is 0 Å². The molecular weight excluding hydrogens is 278 g/mol. The third-order valence-corrected chi connectivity index (χ3v) is 6.19. The van der Waals surface area contributed by atoms with Gasteiger partial charge in [-0.05, 0) is 37.2 Å². The number of nitrogens with two attached hydrogens (primary N) is 1. The van der Waals surface area contributed by atoms with E-state index in [-0.39, 0.29) is 10.3 Å². The minimum atomic E-state index is -3.59. The summed E-state index contributed by atoms with van der Waals surface area (Å²) in [6.45, 7) is 3.74. The Morgan fingerprint density at radius 2 is 2.35 bits per heavy atom. The zero-order valence-electron chi connectivity index (χ0n) is 9.63. The Kier molecular flexibility index (Phi) is 3.81. The molecule has 1 atom stereocenters. The van der Waals surface area contributed by atoms with Crippen LogP contribution in [-0.4, -0.2) is 32.9 Å². The minimum Gasteiger partial charge on any atom is -0.309 e. The van der Waals surface area contributed by atoms with E-state index >= 15 is 0 Å². The van der Waals surface area contributed by atoms with Crippen LogP contribution in [0.1, 0.15) is 18.5 Å². The van der Waals surface area contributed by atoms with Gasteiger partial charge in [-0.15, -0.1) is 11.3 Å². The first kappa shape index (κ1) is 13.3. The molecule has 0 amide bonds. The number of hydrogen-bond acceptors (Lipinski definition) is 6. The number of rotatable bonds is 3. The lowest BCUT2D eigenvalue weighted by Crippen LogP contribution is -2.32. The Morgan fingerprint density at radius 3 is 2.94 bits per heavy atom. The van der Waals surface area contributed by atoms with Crippen LogP contribution in [0.4, 0.5) is 0 Å². The van der Waals surface area contributed by atoms with Crippen LogP contribution >= 0.6 is 23.3 Å². The lowest BCUT2D eigenvalue weighted by molar-refractivity contribution is 0.425. The van der Waals surface area contributed by atoms with E-state index in [0.29, 0.717) is 0 Å². The Labute approximate surface area is 110 Å².